The van der Waals surface area contributed by atoms with Crippen molar-refractivity contribution in [3.05, 3.63) is 35.4 Å². The monoisotopic (exact) mass is 538 g/mol. The summed E-state index contributed by atoms with van der Waals surface area (Å²) in [5.41, 5.74) is 2.91. The van der Waals surface area contributed by atoms with E-state index < -0.39 is 17.1 Å². The van der Waals surface area contributed by atoms with Gasteiger partial charge in [-0.1, -0.05) is 44.5 Å². The number of hydrazine groups is 1. The number of rotatable bonds is 13. The number of hydrogen-bond acceptors (Lipinski definition) is 7. The van der Waals surface area contributed by atoms with Crippen molar-refractivity contribution in [3.63, 3.8) is 0 Å². The number of hydrogen-bond donors (Lipinski definition) is 2. The minimum atomic E-state index is -0.925. The molecule has 0 spiro atoms. The number of esters is 1. The van der Waals surface area contributed by atoms with Crippen molar-refractivity contribution >= 4 is 29.7 Å². The summed E-state index contributed by atoms with van der Waals surface area (Å²) < 4.78 is 10.1. The minimum Gasteiger partial charge on any atom is -0.469 e. The number of nitrogens with one attached hydrogen (secondary N) is 1. The SMILES string of the molecule is COC(=O)CCc1cccc(C(C)(CCCC(C)(C)CSCCO)C(=O)NN(C)C(=O)OC(C)(C)C)c1. The molecule has 0 aliphatic carbocycles. The van der Waals surface area contributed by atoms with Gasteiger partial charge in [-0.25, -0.2) is 9.80 Å². The Labute approximate surface area is 226 Å². The highest BCUT2D eigenvalue weighted by atomic mass is 32.2. The second kappa shape index (κ2) is 14.6. The lowest BCUT2D eigenvalue weighted by Crippen LogP contribution is -2.52. The quantitative estimate of drug-likeness (QED) is 0.210. The van der Waals surface area contributed by atoms with Gasteiger partial charge < -0.3 is 14.6 Å². The predicted molar refractivity (Wildman–Crippen MR) is 148 cm³/mol. The summed E-state index contributed by atoms with van der Waals surface area (Å²) in [5.74, 6) is 1.03. The van der Waals surface area contributed by atoms with E-state index in [0.29, 0.717) is 18.6 Å². The molecule has 0 aliphatic rings. The normalized spacial score (nSPS) is 13.4. The maximum absolute atomic E-state index is 13.7. The molecule has 2 amide bonds. The lowest BCUT2D eigenvalue weighted by Gasteiger charge is -2.33. The molecule has 37 heavy (non-hydrogen) atoms. The van der Waals surface area contributed by atoms with Crippen LogP contribution in [0.25, 0.3) is 0 Å². The first-order chi connectivity index (χ1) is 17.1. The molecule has 0 aliphatic heterocycles. The first-order valence-electron chi connectivity index (χ1n) is 12.8. The van der Waals surface area contributed by atoms with Gasteiger partial charge in [0, 0.05) is 19.2 Å². The molecular weight excluding hydrogens is 492 g/mol. The van der Waals surface area contributed by atoms with Gasteiger partial charge >= 0.3 is 12.1 Å². The molecule has 1 aromatic rings. The fourth-order valence-corrected chi connectivity index (χ4v) is 4.84. The van der Waals surface area contributed by atoms with E-state index in [1.54, 1.807) is 32.5 Å². The van der Waals surface area contributed by atoms with Gasteiger partial charge in [-0.3, -0.25) is 15.0 Å². The van der Waals surface area contributed by atoms with Gasteiger partial charge in [0.2, 0.25) is 5.91 Å². The van der Waals surface area contributed by atoms with Crippen molar-refractivity contribution in [1.82, 2.24) is 10.4 Å². The highest BCUT2D eigenvalue weighted by Crippen LogP contribution is 2.35. The molecule has 0 heterocycles. The molecule has 1 aromatic carbocycles. The van der Waals surface area contributed by atoms with Crippen LogP contribution in [0.1, 0.15) is 78.4 Å². The Bertz CT molecular complexity index is 899. The first kappa shape index (κ1) is 32.8. The number of nitrogens with zero attached hydrogens (tertiary/aromatic N) is 1. The van der Waals surface area contributed by atoms with E-state index >= 15 is 0 Å². The Morgan fingerprint density at radius 2 is 1.76 bits per heavy atom. The van der Waals surface area contributed by atoms with E-state index in [4.69, 9.17) is 14.6 Å². The summed E-state index contributed by atoms with van der Waals surface area (Å²) in [4.78, 5) is 37.8. The smallest absolute Gasteiger partial charge is 0.428 e. The molecule has 1 unspecified atom stereocenters. The van der Waals surface area contributed by atoms with Crippen molar-refractivity contribution in [2.75, 3.05) is 32.3 Å². The Hall–Kier alpha value is -2.26. The molecule has 0 aromatic heterocycles. The van der Waals surface area contributed by atoms with Gasteiger partial charge in [-0.2, -0.15) is 11.8 Å². The number of amides is 2. The van der Waals surface area contributed by atoms with E-state index in [1.807, 2.05) is 31.2 Å². The Balaban J connectivity index is 3.13. The zero-order valence-electron chi connectivity index (χ0n) is 23.8. The number of aliphatic hydroxyl groups is 1. The number of ether oxygens (including phenoxy) is 2. The summed E-state index contributed by atoms with van der Waals surface area (Å²) >= 11 is 1.72. The summed E-state index contributed by atoms with van der Waals surface area (Å²) in [6.45, 7) is 11.7. The average molecular weight is 539 g/mol. The third-order valence-electron chi connectivity index (χ3n) is 6.11. The molecule has 2 N–H and O–H groups in total. The molecule has 210 valence electrons. The molecule has 0 bridgehead atoms. The highest BCUT2D eigenvalue weighted by Gasteiger charge is 2.37. The summed E-state index contributed by atoms with van der Waals surface area (Å²) in [7, 11) is 2.84. The zero-order valence-corrected chi connectivity index (χ0v) is 24.6. The van der Waals surface area contributed by atoms with Crippen molar-refractivity contribution in [3.8, 4) is 0 Å². The zero-order chi connectivity index (χ0) is 28.3. The topological polar surface area (TPSA) is 105 Å². The van der Waals surface area contributed by atoms with Crippen molar-refractivity contribution in [2.24, 2.45) is 5.41 Å². The number of benzene rings is 1. The van der Waals surface area contributed by atoms with Gasteiger partial charge in [0.05, 0.1) is 19.1 Å². The number of aryl methyl sites for hydroxylation is 1. The number of methoxy groups -OCH3 is 1. The summed E-state index contributed by atoms with van der Waals surface area (Å²) in [6, 6.07) is 7.69. The molecular formula is C28H46N2O6S. The summed E-state index contributed by atoms with van der Waals surface area (Å²) in [5, 5.41) is 10.2. The highest BCUT2D eigenvalue weighted by molar-refractivity contribution is 7.99. The predicted octanol–water partition coefficient (Wildman–Crippen LogP) is 4.87. The number of carbonyl (C=O) groups excluding carboxylic acids is 3. The second-order valence-electron chi connectivity index (χ2n) is 11.4. The lowest BCUT2D eigenvalue weighted by molar-refractivity contribution is -0.140. The van der Waals surface area contributed by atoms with Gasteiger partial charge in [0.1, 0.15) is 5.60 Å². The number of aliphatic hydroxyl groups excluding tert-OH is 1. The van der Waals surface area contributed by atoms with Crippen LogP contribution in [0.4, 0.5) is 4.79 Å². The fraction of sp³-hybridized carbons (Fsp3) is 0.679. The molecule has 9 heteroatoms. The van der Waals surface area contributed by atoms with Crippen molar-refractivity contribution in [1.29, 1.82) is 0 Å². The second-order valence-corrected chi connectivity index (χ2v) is 12.5. The third kappa shape index (κ3) is 11.8. The molecule has 0 fully saturated rings. The van der Waals surface area contributed by atoms with Gasteiger partial charge in [-0.05, 0) is 69.3 Å². The van der Waals surface area contributed by atoms with E-state index in [2.05, 4.69) is 19.3 Å². The van der Waals surface area contributed by atoms with E-state index in [0.717, 1.165) is 34.7 Å². The number of thioether (sulfide) groups is 1. The molecule has 0 saturated heterocycles. The van der Waals surface area contributed by atoms with Crippen LogP contribution in [0.3, 0.4) is 0 Å². The van der Waals surface area contributed by atoms with Crippen molar-refractivity contribution in [2.45, 2.75) is 84.7 Å². The molecule has 1 rings (SSSR count). The summed E-state index contributed by atoms with van der Waals surface area (Å²) in [6.07, 6.45) is 2.37. The standard InChI is InChI=1S/C28H46N2O6S/c1-26(2,3)36-25(34)30(7)29-24(33)28(6,16-10-15-27(4,5)20-37-18-17-31)22-12-9-11-21(19-22)13-14-23(32)35-8/h9,11-12,19,31H,10,13-18,20H2,1-8H3,(H,29,33). The van der Waals surface area contributed by atoms with Crippen LogP contribution in [0.2, 0.25) is 0 Å². The first-order valence-corrected chi connectivity index (χ1v) is 13.9. The average Bonchev–Trinajstić information content (AvgIpc) is 2.81. The van der Waals surface area contributed by atoms with Crippen LogP contribution >= 0.6 is 11.8 Å². The van der Waals surface area contributed by atoms with Gasteiger partial charge in [0.15, 0.2) is 0 Å². The Morgan fingerprint density at radius 1 is 1.08 bits per heavy atom. The molecule has 0 saturated carbocycles. The van der Waals surface area contributed by atoms with Crippen LogP contribution in [0.15, 0.2) is 24.3 Å². The van der Waals surface area contributed by atoms with Gasteiger partial charge in [0.25, 0.3) is 0 Å². The van der Waals surface area contributed by atoms with Crippen LogP contribution in [-0.2, 0) is 30.9 Å². The van der Waals surface area contributed by atoms with Crippen LogP contribution < -0.4 is 5.43 Å². The third-order valence-corrected chi connectivity index (χ3v) is 7.56. The Morgan fingerprint density at radius 3 is 2.35 bits per heavy atom. The number of carbonyl (C=O) groups is 3. The lowest BCUT2D eigenvalue weighted by atomic mass is 9.75. The van der Waals surface area contributed by atoms with Crippen LogP contribution in [0, 0.1) is 5.41 Å². The molecule has 8 nitrogen and oxygen atoms in total. The maximum Gasteiger partial charge on any atom is 0.428 e. The van der Waals surface area contributed by atoms with Gasteiger partial charge in [-0.15, -0.1) is 0 Å². The van der Waals surface area contributed by atoms with E-state index in [1.165, 1.54) is 14.2 Å². The fourth-order valence-electron chi connectivity index (χ4n) is 3.86. The minimum absolute atomic E-state index is 0.0485. The van der Waals surface area contributed by atoms with Crippen molar-refractivity contribution < 1.29 is 29.0 Å². The molecule has 1 atom stereocenters. The van der Waals surface area contributed by atoms with E-state index in [-0.39, 0.29) is 30.3 Å². The largest absolute Gasteiger partial charge is 0.469 e. The van der Waals surface area contributed by atoms with E-state index in [9.17, 15) is 14.4 Å². The maximum atomic E-state index is 13.7. The Kier molecular flexibility index (Phi) is 12.9. The molecule has 0 radical (unpaired) electrons. The van der Waals surface area contributed by atoms with Crippen LogP contribution in [0.5, 0.6) is 0 Å². The van der Waals surface area contributed by atoms with Crippen LogP contribution in [-0.4, -0.2) is 66.0 Å².